The van der Waals surface area contributed by atoms with Crippen LogP contribution in [0, 0.1) is 5.92 Å². The highest BCUT2D eigenvalue weighted by Crippen LogP contribution is 2.28. The van der Waals surface area contributed by atoms with Crippen LogP contribution in [0.4, 0.5) is 0 Å². The minimum Gasteiger partial charge on any atom is -0.310 e. The largest absolute Gasteiger partial charge is 0.310 e. The van der Waals surface area contributed by atoms with Gasteiger partial charge in [0.2, 0.25) is 0 Å². The van der Waals surface area contributed by atoms with Gasteiger partial charge in [0, 0.05) is 12.1 Å². The van der Waals surface area contributed by atoms with Crippen LogP contribution in [0.25, 0.3) is 0 Å². The Labute approximate surface area is 98.9 Å². The van der Waals surface area contributed by atoms with Crippen molar-refractivity contribution in [2.75, 3.05) is 11.5 Å². The first-order chi connectivity index (χ1) is 7.57. The molecule has 1 aliphatic carbocycles. The summed E-state index contributed by atoms with van der Waals surface area (Å²) < 4.78 is 23.7. The van der Waals surface area contributed by atoms with Crippen LogP contribution >= 0.6 is 0 Å². The second kappa shape index (κ2) is 5.05. The van der Waals surface area contributed by atoms with Gasteiger partial charge >= 0.3 is 0 Å². The molecule has 0 radical (unpaired) electrons. The van der Waals surface area contributed by atoms with Crippen molar-refractivity contribution >= 4 is 9.84 Å². The Kier molecular flexibility index (Phi) is 3.90. The molecule has 0 aromatic rings. The lowest BCUT2D eigenvalue weighted by atomic mass is 9.84. The Morgan fingerprint density at radius 2 is 1.75 bits per heavy atom. The zero-order chi connectivity index (χ0) is 11.6. The molecule has 2 unspecified atom stereocenters. The predicted octanol–water partition coefficient (Wildman–Crippen LogP) is 1.73. The third-order valence-electron chi connectivity index (χ3n) is 4.01. The van der Waals surface area contributed by atoms with Crippen LogP contribution in [0.1, 0.15) is 45.4 Å². The van der Waals surface area contributed by atoms with Gasteiger partial charge in [-0.3, -0.25) is 0 Å². The Morgan fingerprint density at radius 3 is 2.44 bits per heavy atom. The molecule has 1 heterocycles. The predicted molar refractivity (Wildman–Crippen MR) is 66.2 cm³/mol. The molecule has 0 amide bonds. The lowest BCUT2D eigenvalue weighted by Crippen LogP contribution is -2.44. The van der Waals surface area contributed by atoms with Gasteiger partial charge in [0.1, 0.15) is 0 Å². The zero-order valence-corrected chi connectivity index (χ0v) is 10.9. The Bertz CT molecular complexity index is 320. The van der Waals surface area contributed by atoms with Gasteiger partial charge in [-0.15, -0.1) is 0 Å². The fourth-order valence-electron chi connectivity index (χ4n) is 3.02. The minimum atomic E-state index is -2.81. The molecular formula is C12H23NO2S. The van der Waals surface area contributed by atoms with Crippen molar-refractivity contribution in [2.45, 2.75) is 57.5 Å². The van der Waals surface area contributed by atoms with Gasteiger partial charge in [-0.05, 0) is 32.1 Å². The average Bonchev–Trinajstić information content (AvgIpc) is 2.39. The zero-order valence-electron chi connectivity index (χ0n) is 10.1. The van der Waals surface area contributed by atoms with E-state index in [-0.39, 0.29) is 6.04 Å². The maximum atomic E-state index is 11.8. The van der Waals surface area contributed by atoms with Crippen molar-refractivity contribution in [3.8, 4) is 0 Å². The van der Waals surface area contributed by atoms with E-state index in [0.29, 0.717) is 23.5 Å². The van der Waals surface area contributed by atoms with Crippen LogP contribution in [0.3, 0.4) is 0 Å². The normalized spacial score (nSPS) is 36.8. The first-order valence-electron chi connectivity index (χ1n) is 6.53. The fourth-order valence-corrected chi connectivity index (χ4v) is 4.81. The quantitative estimate of drug-likeness (QED) is 0.765. The average molecular weight is 245 g/mol. The SMILES string of the molecule is CC1CCS(=O)(=O)CC(C2CCCCC2)N1. The van der Waals surface area contributed by atoms with Gasteiger partial charge in [-0.25, -0.2) is 8.42 Å². The first kappa shape index (κ1) is 12.4. The summed E-state index contributed by atoms with van der Waals surface area (Å²) in [6, 6.07) is 0.562. The van der Waals surface area contributed by atoms with E-state index in [0.717, 1.165) is 6.42 Å². The number of nitrogens with one attached hydrogen (secondary N) is 1. The van der Waals surface area contributed by atoms with E-state index in [4.69, 9.17) is 0 Å². The van der Waals surface area contributed by atoms with Gasteiger partial charge in [-0.1, -0.05) is 19.3 Å². The summed E-state index contributed by atoms with van der Waals surface area (Å²) in [5, 5.41) is 3.52. The van der Waals surface area contributed by atoms with Crippen molar-refractivity contribution in [2.24, 2.45) is 5.92 Å². The van der Waals surface area contributed by atoms with Crippen LogP contribution in [-0.2, 0) is 9.84 Å². The number of hydrogen-bond donors (Lipinski definition) is 1. The van der Waals surface area contributed by atoms with Crippen LogP contribution in [0.5, 0.6) is 0 Å². The molecule has 1 N–H and O–H groups in total. The molecular weight excluding hydrogens is 222 g/mol. The third kappa shape index (κ3) is 3.20. The Hall–Kier alpha value is -0.0900. The number of rotatable bonds is 1. The molecule has 94 valence electrons. The third-order valence-corrected chi connectivity index (χ3v) is 5.74. The molecule has 2 atom stereocenters. The van der Waals surface area contributed by atoms with Crippen LogP contribution < -0.4 is 5.32 Å². The highest BCUT2D eigenvalue weighted by atomic mass is 32.2. The van der Waals surface area contributed by atoms with E-state index >= 15 is 0 Å². The Morgan fingerprint density at radius 1 is 1.06 bits per heavy atom. The maximum absolute atomic E-state index is 11.8. The molecule has 1 aliphatic heterocycles. The molecule has 1 saturated carbocycles. The molecule has 0 aromatic carbocycles. The van der Waals surface area contributed by atoms with E-state index < -0.39 is 9.84 Å². The lowest BCUT2D eigenvalue weighted by molar-refractivity contribution is 0.271. The monoisotopic (exact) mass is 245 g/mol. The van der Waals surface area contributed by atoms with Crippen LogP contribution in [0.2, 0.25) is 0 Å². The molecule has 0 bridgehead atoms. The van der Waals surface area contributed by atoms with Crippen molar-refractivity contribution in [1.29, 1.82) is 0 Å². The molecule has 2 fully saturated rings. The van der Waals surface area contributed by atoms with Crippen molar-refractivity contribution in [3.05, 3.63) is 0 Å². The molecule has 1 saturated heterocycles. The van der Waals surface area contributed by atoms with Gasteiger partial charge in [-0.2, -0.15) is 0 Å². The molecule has 0 aromatic heterocycles. The van der Waals surface area contributed by atoms with Crippen LogP contribution in [-0.4, -0.2) is 32.0 Å². The summed E-state index contributed by atoms with van der Waals surface area (Å²) in [7, 11) is -2.81. The minimum absolute atomic E-state index is 0.211. The fraction of sp³-hybridized carbons (Fsp3) is 1.00. The summed E-state index contributed by atoms with van der Waals surface area (Å²) in [4.78, 5) is 0. The van der Waals surface area contributed by atoms with E-state index in [1.807, 2.05) is 0 Å². The summed E-state index contributed by atoms with van der Waals surface area (Å²) in [5.74, 6) is 1.32. The first-order valence-corrected chi connectivity index (χ1v) is 8.35. The molecule has 2 aliphatic rings. The van der Waals surface area contributed by atoms with E-state index in [1.54, 1.807) is 0 Å². The summed E-state index contributed by atoms with van der Waals surface area (Å²) in [6.45, 7) is 2.11. The lowest BCUT2D eigenvalue weighted by Gasteiger charge is -2.31. The van der Waals surface area contributed by atoms with Crippen molar-refractivity contribution < 1.29 is 8.42 Å². The van der Waals surface area contributed by atoms with E-state index in [9.17, 15) is 8.42 Å². The van der Waals surface area contributed by atoms with Gasteiger partial charge in [0.15, 0.2) is 9.84 Å². The molecule has 3 nitrogen and oxygen atoms in total. The number of hydrogen-bond acceptors (Lipinski definition) is 3. The molecule has 0 spiro atoms. The highest BCUT2D eigenvalue weighted by molar-refractivity contribution is 7.91. The van der Waals surface area contributed by atoms with Gasteiger partial charge in [0.25, 0.3) is 0 Å². The number of sulfone groups is 1. The summed E-state index contributed by atoms with van der Waals surface area (Å²) in [5.41, 5.74) is 0. The summed E-state index contributed by atoms with van der Waals surface area (Å²) >= 11 is 0. The highest BCUT2D eigenvalue weighted by Gasteiger charge is 2.31. The standard InChI is InChI=1S/C12H23NO2S/c1-10-7-8-16(14,15)9-12(13-10)11-5-3-2-4-6-11/h10-13H,2-9H2,1H3. The van der Waals surface area contributed by atoms with Crippen LogP contribution in [0.15, 0.2) is 0 Å². The van der Waals surface area contributed by atoms with Crippen molar-refractivity contribution in [3.63, 3.8) is 0 Å². The maximum Gasteiger partial charge on any atom is 0.151 e. The van der Waals surface area contributed by atoms with Crippen molar-refractivity contribution in [1.82, 2.24) is 5.32 Å². The second-order valence-electron chi connectivity index (χ2n) is 5.48. The van der Waals surface area contributed by atoms with Gasteiger partial charge in [0.05, 0.1) is 11.5 Å². The Balaban J connectivity index is 2.05. The molecule has 4 heteroatoms. The smallest absolute Gasteiger partial charge is 0.151 e. The van der Waals surface area contributed by atoms with Gasteiger partial charge < -0.3 is 5.32 Å². The topological polar surface area (TPSA) is 46.2 Å². The summed E-state index contributed by atoms with van der Waals surface area (Å²) in [6.07, 6.45) is 7.06. The van der Waals surface area contributed by atoms with E-state index in [2.05, 4.69) is 12.2 Å². The molecule has 2 rings (SSSR count). The van der Waals surface area contributed by atoms with E-state index in [1.165, 1.54) is 32.1 Å². The molecule has 16 heavy (non-hydrogen) atoms. The second-order valence-corrected chi connectivity index (χ2v) is 7.70.